The lowest BCUT2D eigenvalue weighted by Gasteiger charge is -2.12. The van der Waals surface area contributed by atoms with Crippen molar-refractivity contribution in [2.45, 2.75) is 4.90 Å². The normalized spacial score (nSPS) is 10.9. The van der Waals surface area contributed by atoms with Gasteiger partial charge in [0.25, 0.3) is 15.9 Å². The van der Waals surface area contributed by atoms with Crippen LogP contribution in [0, 0.1) is 5.82 Å². The molecule has 0 spiro atoms. The van der Waals surface area contributed by atoms with Gasteiger partial charge in [-0.1, -0.05) is 12.1 Å². The van der Waals surface area contributed by atoms with Crippen LogP contribution in [0.4, 0.5) is 10.1 Å². The molecule has 0 radical (unpaired) electrons. The van der Waals surface area contributed by atoms with Crippen LogP contribution >= 0.6 is 0 Å². The predicted octanol–water partition coefficient (Wildman–Crippen LogP) is 3.44. The van der Waals surface area contributed by atoms with Crippen molar-refractivity contribution in [3.63, 3.8) is 0 Å². The summed E-state index contributed by atoms with van der Waals surface area (Å²) in [5.74, 6) is 0.159. The van der Waals surface area contributed by atoms with Crippen molar-refractivity contribution in [3.05, 3.63) is 84.2 Å². The number of halogens is 1. The van der Waals surface area contributed by atoms with Gasteiger partial charge in [0.05, 0.1) is 24.2 Å². The number of nitrogens with one attached hydrogen (secondary N) is 2. The molecule has 0 heterocycles. The topological polar surface area (TPSA) is 93.7 Å². The van der Waals surface area contributed by atoms with E-state index in [1.54, 1.807) is 24.3 Å². The van der Waals surface area contributed by atoms with Gasteiger partial charge in [0.15, 0.2) is 0 Å². The number of anilines is 1. The Hall–Kier alpha value is -3.59. The first-order valence-electron chi connectivity index (χ1n) is 9.31. The van der Waals surface area contributed by atoms with Gasteiger partial charge in [-0.15, -0.1) is 0 Å². The Morgan fingerprint density at radius 2 is 1.65 bits per heavy atom. The van der Waals surface area contributed by atoms with Gasteiger partial charge in [-0.05, 0) is 60.7 Å². The highest BCUT2D eigenvalue weighted by Crippen LogP contribution is 2.26. The van der Waals surface area contributed by atoms with Gasteiger partial charge in [0.2, 0.25) is 0 Å². The maximum Gasteiger partial charge on any atom is 0.262 e. The molecule has 3 rings (SSSR count). The van der Waals surface area contributed by atoms with E-state index in [1.165, 1.54) is 55.6 Å². The van der Waals surface area contributed by atoms with Crippen LogP contribution in [0.1, 0.15) is 10.4 Å². The third kappa shape index (κ3) is 5.95. The molecule has 0 aliphatic heterocycles. The van der Waals surface area contributed by atoms with E-state index in [9.17, 15) is 17.6 Å². The molecule has 1 amide bonds. The fourth-order valence-electron chi connectivity index (χ4n) is 2.68. The van der Waals surface area contributed by atoms with E-state index in [4.69, 9.17) is 9.47 Å². The second-order valence-corrected chi connectivity index (χ2v) is 8.07. The monoisotopic (exact) mass is 444 g/mol. The van der Waals surface area contributed by atoms with Crippen LogP contribution < -0.4 is 19.5 Å². The molecule has 31 heavy (non-hydrogen) atoms. The summed E-state index contributed by atoms with van der Waals surface area (Å²) < 4.78 is 51.1. The minimum Gasteiger partial charge on any atom is -0.495 e. The molecular formula is C22H21FN2O5S. The zero-order chi connectivity index (χ0) is 22.3. The van der Waals surface area contributed by atoms with Crippen molar-refractivity contribution in [2.75, 3.05) is 25.0 Å². The highest BCUT2D eigenvalue weighted by molar-refractivity contribution is 7.92. The second kappa shape index (κ2) is 9.94. The number of carbonyl (C=O) groups excluding carboxylic acids is 1. The second-order valence-electron chi connectivity index (χ2n) is 6.39. The number of rotatable bonds is 9. The maximum absolute atomic E-state index is 12.9. The standard InChI is InChI=1S/C22H21FN2O5S/c1-29-21-5-3-2-4-20(21)25-31(27,28)19-12-6-16(7-13-19)22(26)24-14-15-30-18-10-8-17(23)9-11-18/h2-13,25H,14-15H2,1H3,(H,24,26). The van der Waals surface area contributed by atoms with Gasteiger partial charge >= 0.3 is 0 Å². The summed E-state index contributed by atoms with van der Waals surface area (Å²) in [5.41, 5.74) is 0.617. The fourth-order valence-corrected chi connectivity index (χ4v) is 3.75. The lowest BCUT2D eigenvalue weighted by molar-refractivity contribution is 0.0947. The number of hydrogen-bond donors (Lipinski definition) is 2. The SMILES string of the molecule is COc1ccccc1NS(=O)(=O)c1ccc(C(=O)NCCOc2ccc(F)cc2)cc1. The van der Waals surface area contributed by atoms with E-state index < -0.39 is 10.0 Å². The summed E-state index contributed by atoms with van der Waals surface area (Å²) in [7, 11) is -2.40. The van der Waals surface area contributed by atoms with E-state index in [0.29, 0.717) is 22.7 Å². The molecule has 0 saturated carbocycles. The van der Waals surface area contributed by atoms with Crippen molar-refractivity contribution in [1.29, 1.82) is 0 Å². The van der Waals surface area contributed by atoms with Crippen LogP contribution in [0.3, 0.4) is 0 Å². The number of carbonyl (C=O) groups is 1. The molecule has 2 N–H and O–H groups in total. The summed E-state index contributed by atoms with van der Waals surface area (Å²) in [4.78, 5) is 12.2. The Morgan fingerprint density at radius 1 is 0.968 bits per heavy atom. The number of hydrogen-bond acceptors (Lipinski definition) is 5. The molecule has 0 unspecified atom stereocenters. The third-order valence-electron chi connectivity index (χ3n) is 4.25. The van der Waals surface area contributed by atoms with E-state index in [-0.39, 0.29) is 29.8 Å². The quantitative estimate of drug-likeness (QED) is 0.493. The van der Waals surface area contributed by atoms with Crippen molar-refractivity contribution >= 4 is 21.6 Å². The first kappa shape index (κ1) is 22.1. The molecule has 0 aliphatic rings. The van der Waals surface area contributed by atoms with E-state index >= 15 is 0 Å². The van der Waals surface area contributed by atoms with Crippen LogP contribution in [0.25, 0.3) is 0 Å². The van der Waals surface area contributed by atoms with Crippen molar-refractivity contribution < 1.29 is 27.1 Å². The zero-order valence-corrected chi connectivity index (χ0v) is 17.5. The molecule has 0 bridgehead atoms. The van der Waals surface area contributed by atoms with E-state index in [1.807, 2.05) is 0 Å². The van der Waals surface area contributed by atoms with Gasteiger partial charge in [-0.25, -0.2) is 12.8 Å². The first-order chi connectivity index (χ1) is 14.9. The molecule has 0 atom stereocenters. The Bertz CT molecular complexity index is 1130. The molecule has 162 valence electrons. The maximum atomic E-state index is 12.9. The number of methoxy groups -OCH3 is 1. The summed E-state index contributed by atoms with van der Waals surface area (Å²) in [6, 6.07) is 17.8. The van der Waals surface area contributed by atoms with Crippen LogP contribution in [0.15, 0.2) is 77.7 Å². The Morgan fingerprint density at radius 3 is 2.32 bits per heavy atom. The number of benzene rings is 3. The highest BCUT2D eigenvalue weighted by Gasteiger charge is 2.17. The molecule has 3 aromatic carbocycles. The van der Waals surface area contributed by atoms with Crippen molar-refractivity contribution in [2.24, 2.45) is 0 Å². The molecule has 0 saturated heterocycles. The van der Waals surface area contributed by atoms with E-state index in [2.05, 4.69) is 10.0 Å². The van der Waals surface area contributed by atoms with Gasteiger partial charge < -0.3 is 14.8 Å². The van der Waals surface area contributed by atoms with Gasteiger partial charge in [0.1, 0.15) is 23.9 Å². The molecule has 0 fully saturated rings. The number of sulfonamides is 1. The Labute approximate surface area is 179 Å². The average Bonchev–Trinajstić information content (AvgIpc) is 2.78. The largest absolute Gasteiger partial charge is 0.495 e. The van der Waals surface area contributed by atoms with Crippen LogP contribution in [0.5, 0.6) is 11.5 Å². The molecule has 0 aliphatic carbocycles. The van der Waals surface area contributed by atoms with Gasteiger partial charge in [-0.3, -0.25) is 9.52 Å². The fraction of sp³-hybridized carbons (Fsp3) is 0.136. The van der Waals surface area contributed by atoms with Gasteiger partial charge in [0, 0.05) is 5.56 Å². The Balaban J connectivity index is 1.56. The number of amides is 1. The molecule has 7 nitrogen and oxygen atoms in total. The first-order valence-corrected chi connectivity index (χ1v) is 10.8. The molecular weight excluding hydrogens is 423 g/mol. The zero-order valence-electron chi connectivity index (χ0n) is 16.7. The smallest absolute Gasteiger partial charge is 0.262 e. The average molecular weight is 444 g/mol. The third-order valence-corrected chi connectivity index (χ3v) is 5.63. The molecule has 0 aromatic heterocycles. The summed E-state index contributed by atoms with van der Waals surface area (Å²) in [6.07, 6.45) is 0. The minimum absolute atomic E-state index is 0.00889. The van der Waals surface area contributed by atoms with Crippen molar-refractivity contribution in [3.8, 4) is 11.5 Å². The molecule has 3 aromatic rings. The summed E-state index contributed by atoms with van der Waals surface area (Å²) >= 11 is 0. The summed E-state index contributed by atoms with van der Waals surface area (Å²) in [5, 5.41) is 2.67. The minimum atomic E-state index is -3.85. The lowest BCUT2D eigenvalue weighted by atomic mass is 10.2. The molecule has 9 heteroatoms. The van der Waals surface area contributed by atoms with Crippen molar-refractivity contribution in [1.82, 2.24) is 5.32 Å². The van der Waals surface area contributed by atoms with Crippen LogP contribution in [-0.4, -0.2) is 34.6 Å². The number of para-hydroxylation sites is 2. The number of ether oxygens (including phenoxy) is 2. The van der Waals surface area contributed by atoms with Crippen LogP contribution in [-0.2, 0) is 10.0 Å². The van der Waals surface area contributed by atoms with E-state index in [0.717, 1.165) is 0 Å². The lowest BCUT2D eigenvalue weighted by Crippen LogP contribution is -2.28. The van der Waals surface area contributed by atoms with Gasteiger partial charge in [-0.2, -0.15) is 0 Å². The van der Waals surface area contributed by atoms with Crippen LogP contribution in [0.2, 0.25) is 0 Å². The predicted molar refractivity (Wildman–Crippen MR) is 114 cm³/mol. The highest BCUT2D eigenvalue weighted by atomic mass is 32.2. The summed E-state index contributed by atoms with van der Waals surface area (Å²) in [6.45, 7) is 0.429. The Kier molecular flexibility index (Phi) is 7.09.